The number of aromatic nitrogens is 2. The van der Waals surface area contributed by atoms with E-state index >= 15 is 0 Å². The molecule has 1 heterocycles. The second-order valence-corrected chi connectivity index (χ2v) is 7.38. The standard InChI is InChI=1S/C18H15BrCl2N4O/c1-25-9-12(8-24-25)11-5-14(20)16(15(21)6-11)18(26)23-7-10-3-2-4-13(19)17(10)22/h2-6,8-9H,7,22H2,1H3,(H,23,26). The number of carbonyl (C=O) groups excluding carboxylic acids is 1. The van der Waals surface area contributed by atoms with Crippen LogP contribution in [0.4, 0.5) is 5.69 Å². The highest BCUT2D eigenvalue weighted by Gasteiger charge is 2.17. The van der Waals surface area contributed by atoms with Crippen LogP contribution in [0.2, 0.25) is 10.0 Å². The first-order valence-electron chi connectivity index (χ1n) is 7.66. The molecule has 0 spiro atoms. The molecule has 1 aromatic heterocycles. The van der Waals surface area contributed by atoms with Gasteiger partial charge in [-0.25, -0.2) is 0 Å². The molecule has 0 aliphatic carbocycles. The molecule has 0 saturated carbocycles. The fourth-order valence-electron chi connectivity index (χ4n) is 2.53. The normalized spacial score (nSPS) is 10.8. The van der Waals surface area contributed by atoms with E-state index < -0.39 is 0 Å². The van der Waals surface area contributed by atoms with Gasteiger partial charge < -0.3 is 11.1 Å². The molecule has 2 aromatic carbocycles. The number of amides is 1. The van der Waals surface area contributed by atoms with Gasteiger partial charge in [-0.1, -0.05) is 35.3 Å². The van der Waals surface area contributed by atoms with Gasteiger partial charge in [0.2, 0.25) is 0 Å². The number of hydrogen-bond acceptors (Lipinski definition) is 3. The Labute approximate surface area is 169 Å². The number of nitrogens with one attached hydrogen (secondary N) is 1. The average molecular weight is 454 g/mol. The fourth-order valence-corrected chi connectivity index (χ4v) is 3.59. The topological polar surface area (TPSA) is 72.9 Å². The molecule has 0 bridgehead atoms. The minimum Gasteiger partial charge on any atom is -0.398 e. The molecule has 0 aliphatic rings. The van der Waals surface area contributed by atoms with Crippen molar-refractivity contribution in [3.8, 4) is 11.1 Å². The van der Waals surface area contributed by atoms with E-state index in [4.69, 9.17) is 28.9 Å². The summed E-state index contributed by atoms with van der Waals surface area (Å²) in [7, 11) is 1.82. The molecule has 3 aromatic rings. The van der Waals surface area contributed by atoms with Crippen molar-refractivity contribution in [1.82, 2.24) is 15.1 Å². The largest absolute Gasteiger partial charge is 0.398 e. The van der Waals surface area contributed by atoms with Gasteiger partial charge in [0.25, 0.3) is 5.91 Å². The molecule has 3 N–H and O–H groups in total. The Morgan fingerprint density at radius 1 is 1.27 bits per heavy atom. The van der Waals surface area contributed by atoms with Crippen LogP contribution in [-0.4, -0.2) is 15.7 Å². The van der Waals surface area contributed by atoms with Crippen LogP contribution < -0.4 is 11.1 Å². The quantitative estimate of drug-likeness (QED) is 0.563. The first-order valence-corrected chi connectivity index (χ1v) is 9.21. The third-order valence-corrected chi connectivity index (χ3v) is 5.18. The van der Waals surface area contributed by atoms with Gasteiger partial charge in [-0.15, -0.1) is 0 Å². The Bertz CT molecular complexity index is 964. The van der Waals surface area contributed by atoms with Crippen LogP contribution in [0.3, 0.4) is 0 Å². The summed E-state index contributed by atoms with van der Waals surface area (Å²) in [5.74, 6) is -0.364. The van der Waals surface area contributed by atoms with E-state index in [1.54, 1.807) is 23.0 Å². The summed E-state index contributed by atoms with van der Waals surface area (Å²) < 4.78 is 2.46. The van der Waals surface area contributed by atoms with Gasteiger partial charge in [0.15, 0.2) is 0 Å². The predicted molar refractivity (Wildman–Crippen MR) is 108 cm³/mol. The van der Waals surface area contributed by atoms with Gasteiger partial charge in [-0.3, -0.25) is 9.48 Å². The minimum absolute atomic E-state index is 0.231. The van der Waals surface area contributed by atoms with Crippen molar-refractivity contribution in [2.75, 3.05) is 5.73 Å². The number of carbonyl (C=O) groups is 1. The van der Waals surface area contributed by atoms with E-state index in [-0.39, 0.29) is 28.1 Å². The number of nitrogen functional groups attached to an aromatic ring is 1. The van der Waals surface area contributed by atoms with Crippen LogP contribution in [0.5, 0.6) is 0 Å². The summed E-state index contributed by atoms with van der Waals surface area (Å²) in [6, 6.07) is 8.94. The zero-order valence-electron chi connectivity index (χ0n) is 13.8. The number of anilines is 1. The van der Waals surface area contributed by atoms with Crippen molar-refractivity contribution >= 4 is 50.7 Å². The molecule has 134 valence electrons. The van der Waals surface area contributed by atoms with Crippen LogP contribution in [0.15, 0.2) is 47.2 Å². The van der Waals surface area contributed by atoms with E-state index in [0.717, 1.165) is 21.2 Å². The van der Waals surface area contributed by atoms with Gasteiger partial charge in [0.05, 0.1) is 27.5 Å². The highest BCUT2D eigenvalue weighted by molar-refractivity contribution is 9.10. The summed E-state index contributed by atoms with van der Waals surface area (Å²) in [4.78, 5) is 12.6. The molecule has 26 heavy (non-hydrogen) atoms. The SMILES string of the molecule is Cn1cc(-c2cc(Cl)c(C(=O)NCc3cccc(Br)c3N)c(Cl)c2)cn1. The number of benzene rings is 2. The maximum absolute atomic E-state index is 12.6. The van der Waals surface area contributed by atoms with E-state index in [2.05, 4.69) is 26.3 Å². The Balaban J connectivity index is 1.82. The van der Waals surface area contributed by atoms with Crippen LogP contribution in [0.1, 0.15) is 15.9 Å². The van der Waals surface area contributed by atoms with Crippen molar-refractivity contribution in [2.24, 2.45) is 7.05 Å². The Morgan fingerprint density at radius 3 is 2.58 bits per heavy atom. The summed E-state index contributed by atoms with van der Waals surface area (Å²) in [6.45, 7) is 0.265. The van der Waals surface area contributed by atoms with Crippen molar-refractivity contribution < 1.29 is 4.79 Å². The molecule has 0 fully saturated rings. The number of nitrogens with two attached hydrogens (primary N) is 1. The third kappa shape index (κ3) is 3.87. The molecule has 8 heteroatoms. The van der Waals surface area contributed by atoms with Gasteiger partial charge in [0, 0.05) is 29.8 Å². The first kappa shape index (κ1) is 18.8. The molecule has 3 rings (SSSR count). The molecule has 0 atom stereocenters. The molecular formula is C18H15BrCl2N4O. The van der Waals surface area contributed by atoms with Crippen molar-refractivity contribution in [2.45, 2.75) is 6.54 Å². The Kier molecular flexibility index (Phi) is 5.55. The van der Waals surface area contributed by atoms with Crippen molar-refractivity contribution in [3.05, 3.63) is 68.4 Å². The lowest BCUT2D eigenvalue weighted by Gasteiger charge is -2.12. The van der Waals surface area contributed by atoms with E-state index in [1.807, 2.05) is 31.4 Å². The van der Waals surface area contributed by atoms with Crippen molar-refractivity contribution in [1.29, 1.82) is 0 Å². The molecule has 1 amide bonds. The summed E-state index contributed by atoms with van der Waals surface area (Å²) in [5.41, 5.74) is 9.26. The van der Waals surface area contributed by atoms with E-state index in [0.29, 0.717) is 5.69 Å². The van der Waals surface area contributed by atoms with E-state index in [1.165, 1.54) is 0 Å². The number of aryl methyl sites for hydroxylation is 1. The number of halogens is 3. The lowest BCUT2D eigenvalue weighted by molar-refractivity contribution is 0.0951. The highest BCUT2D eigenvalue weighted by atomic mass is 79.9. The number of nitrogens with zero attached hydrogens (tertiary/aromatic N) is 2. The molecule has 5 nitrogen and oxygen atoms in total. The van der Waals surface area contributed by atoms with Crippen molar-refractivity contribution in [3.63, 3.8) is 0 Å². The predicted octanol–water partition coefficient (Wildman–Crippen LogP) is 4.67. The molecule has 0 unspecified atom stereocenters. The van der Waals surface area contributed by atoms with Crippen LogP contribution in [-0.2, 0) is 13.6 Å². The second-order valence-electron chi connectivity index (χ2n) is 5.71. The smallest absolute Gasteiger partial charge is 0.254 e. The third-order valence-electron chi connectivity index (χ3n) is 3.89. The summed E-state index contributed by atoms with van der Waals surface area (Å²) in [5, 5.41) is 7.48. The van der Waals surface area contributed by atoms with Crippen LogP contribution >= 0.6 is 39.1 Å². The van der Waals surface area contributed by atoms with Gasteiger partial charge in [0.1, 0.15) is 0 Å². The Hall–Kier alpha value is -2.02. The highest BCUT2D eigenvalue weighted by Crippen LogP contribution is 2.32. The molecule has 0 saturated heterocycles. The zero-order valence-corrected chi connectivity index (χ0v) is 16.9. The summed E-state index contributed by atoms with van der Waals surface area (Å²) in [6.07, 6.45) is 3.55. The summed E-state index contributed by atoms with van der Waals surface area (Å²) >= 11 is 16.0. The number of para-hydroxylation sites is 1. The maximum atomic E-state index is 12.6. The Morgan fingerprint density at radius 2 is 1.96 bits per heavy atom. The second kappa shape index (κ2) is 7.70. The molecule has 0 radical (unpaired) electrons. The van der Waals surface area contributed by atoms with Gasteiger partial charge in [-0.05, 0) is 45.3 Å². The lowest BCUT2D eigenvalue weighted by Crippen LogP contribution is -2.24. The van der Waals surface area contributed by atoms with Gasteiger partial charge in [-0.2, -0.15) is 5.10 Å². The van der Waals surface area contributed by atoms with E-state index in [9.17, 15) is 4.79 Å². The van der Waals surface area contributed by atoms with Crippen LogP contribution in [0, 0.1) is 0 Å². The molecular weight excluding hydrogens is 439 g/mol. The lowest BCUT2D eigenvalue weighted by atomic mass is 10.1. The molecule has 0 aliphatic heterocycles. The fraction of sp³-hybridized carbons (Fsp3) is 0.111. The maximum Gasteiger partial charge on any atom is 0.254 e. The minimum atomic E-state index is -0.364. The number of hydrogen-bond donors (Lipinski definition) is 2. The first-order chi connectivity index (χ1) is 12.4. The monoisotopic (exact) mass is 452 g/mol. The number of rotatable bonds is 4. The van der Waals surface area contributed by atoms with Crippen LogP contribution in [0.25, 0.3) is 11.1 Å². The average Bonchev–Trinajstić information content (AvgIpc) is 3.02. The zero-order chi connectivity index (χ0) is 18.8. The van der Waals surface area contributed by atoms with Gasteiger partial charge >= 0.3 is 0 Å².